The van der Waals surface area contributed by atoms with E-state index in [1.807, 2.05) is 24.3 Å². The van der Waals surface area contributed by atoms with Crippen molar-refractivity contribution in [1.29, 1.82) is 0 Å². The molecule has 0 fully saturated rings. The van der Waals surface area contributed by atoms with E-state index in [9.17, 15) is 4.79 Å². The van der Waals surface area contributed by atoms with Gasteiger partial charge in [0.1, 0.15) is 0 Å². The minimum atomic E-state index is -0.366. The lowest BCUT2D eigenvalue weighted by Crippen LogP contribution is -2.23. The summed E-state index contributed by atoms with van der Waals surface area (Å²) in [7, 11) is 1.37. The zero-order chi connectivity index (χ0) is 15.9. The monoisotopic (exact) mass is 298 g/mol. The maximum Gasteiger partial charge on any atom is 0.337 e. The van der Waals surface area contributed by atoms with Crippen LogP contribution in [0.5, 0.6) is 0 Å². The highest BCUT2D eigenvalue weighted by molar-refractivity contribution is 5.90. The van der Waals surface area contributed by atoms with E-state index < -0.39 is 0 Å². The third-order valence-corrected chi connectivity index (χ3v) is 3.66. The summed E-state index contributed by atoms with van der Waals surface area (Å²) in [6, 6.07) is 15.7. The summed E-state index contributed by atoms with van der Waals surface area (Å²) in [5, 5.41) is 0. The lowest BCUT2D eigenvalue weighted by molar-refractivity contribution is 0.0601. The SMILES string of the molecule is CCN(Cc1ccccc1)Cc1ccc(C(=O)OC)cc1N. The molecule has 0 aliphatic heterocycles. The second kappa shape index (κ2) is 7.61. The second-order valence-electron chi connectivity index (χ2n) is 5.19. The quantitative estimate of drug-likeness (QED) is 0.658. The Morgan fingerprint density at radius 1 is 1.14 bits per heavy atom. The number of anilines is 1. The zero-order valence-corrected chi connectivity index (χ0v) is 13.1. The first-order valence-electron chi connectivity index (χ1n) is 7.37. The van der Waals surface area contributed by atoms with Crippen LogP contribution in [-0.4, -0.2) is 24.5 Å². The van der Waals surface area contributed by atoms with Gasteiger partial charge in [-0.25, -0.2) is 4.79 Å². The first kappa shape index (κ1) is 16.0. The molecule has 22 heavy (non-hydrogen) atoms. The Bertz CT molecular complexity index is 626. The summed E-state index contributed by atoms with van der Waals surface area (Å²) in [4.78, 5) is 13.8. The first-order valence-corrected chi connectivity index (χ1v) is 7.37. The van der Waals surface area contributed by atoms with Crippen LogP contribution >= 0.6 is 0 Å². The molecule has 2 aromatic carbocycles. The molecule has 2 rings (SSSR count). The van der Waals surface area contributed by atoms with E-state index in [0.29, 0.717) is 11.3 Å². The van der Waals surface area contributed by atoms with Crippen LogP contribution in [0.3, 0.4) is 0 Å². The summed E-state index contributed by atoms with van der Waals surface area (Å²) < 4.78 is 4.71. The number of carbonyl (C=O) groups is 1. The zero-order valence-electron chi connectivity index (χ0n) is 13.1. The molecule has 0 aliphatic rings. The molecule has 0 saturated heterocycles. The summed E-state index contributed by atoms with van der Waals surface area (Å²) in [5.41, 5.74) is 9.47. The van der Waals surface area contributed by atoms with Crippen molar-refractivity contribution in [2.45, 2.75) is 20.0 Å². The number of ether oxygens (including phenoxy) is 1. The van der Waals surface area contributed by atoms with Crippen molar-refractivity contribution in [3.05, 3.63) is 65.2 Å². The first-order chi connectivity index (χ1) is 10.6. The van der Waals surface area contributed by atoms with E-state index in [1.165, 1.54) is 12.7 Å². The maximum atomic E-state index is 11.5. The van der Waals surface area contributed by atoms with Crippen LogP contribution in [0.4, 0.5) is 5.69 Å². The van der Waals surface area contributed by atoms with Crippen molar-refractivity contribution >= 4 is 11.7 Å². The lowest BCUT2D eigenvalue weighted by Gasteiger charge is -2.21. The van der Waals surface area contributed by atoms with Crippen LogP contribution in [0, 0.1) is 0 Å². The molecule has 2 aromatic rings. The average molecular weight is 298 g/mol. The van der Waals surface area contributed by atoms with Gasteiger partial charge in [0.2, 0.25) is 0 Å². The number of esters is 1. The molecular weight excluding hydrogens is 276 g/mol. The second-order valence-corrected chi connectivity index (χ2v) is 5.19. The highest BCUT2D eigenvalue weighted by Gasteiger charge is 2.11. The fourth-order valence-electron chi connectivity index (χ4n) is 2.35. The Hall–Kier alpha value is -2.33. The van der Waals surface area contributed by atoms with Gasteiger partial charge in [0, 0.05) is 18.8 Å². The summed E-state index contributed by atoms with van der Waals surface area (Å²) in [5.74, 6) is -0.366. The Labute approximate surface area is 131 Å². The van der Waals surface area contributed by atoms with E-state index in [-0.39, 0.29) is 5.97 Å². The number of nitrogens with zero attached hydrogens (tertiary/aromatic N) is 1. The fourth-order valence-corrected chi connectivity index (χ4v) is 2.35. The van der Waals surface area contributed by atoms with Gasteiger partial charge < -0.3 is 10.5 Å². The predicted octanol–water partition coefficient (Wildman–Crippen LogP) is 3.08. The van der Waals surface area contributed by atoms with E-state index in [0.717, 1.165) is 25.2 Å². The van der Waals surface area contributed by atoms with E-state index >= 15 is 0 Å². The number of hydrogen-bond acceptors (Lipinski definition) is 4. The van der Waals surface area contributed by atoms with Gasteiger partial charge in [0.05, 0.1) is 12.7 Å². The highest BCUT2D eigenvalue weighted by atomic mass is 16.5. The van der Waals surface area contributed by atoms with Crippen LogP contribution in [0.25, 0.3) is 0 Å². The van der Waals surface area contributed by atoms with Gasteiger partial charge >= 0.3 is 5.97 Å². The standard InChI is InChI=1S/C18H22N2O2/c1-3-20(12-14-7-5-4-6-8-14)13-16-10-9-15(11-17(16)19)18(21)22-2/h4-11H,3,12-13,19H2,1-2H3. The van der Waals surface area contributed by atoms with Crippen molar-refractivity contribution in [3.63, 3.8) is 0 Å². The van der Waals surface area contributed by atoms with Crippen LogP contribution in [-0.2, 0) is 17.8 Å². The number of methoxy groups -OCH3 is 1. The van der Waals surface area contributed by atoms with E-state index in [1.54, 1.807) is 12.1 Å². The fraction of sp³-hybridized carbons (Fsp3) is 0.278. The Kier molecular flexibility index (Phi) is 5.55. The van der Waals surface area contributed by atoms with Crippen molar-refractivity contribution in [2.75, 3.05) is 19.4 Å². The predicted molar refractivity (Wildman–Crippen MR) is 88.4 cm³/mol. The van der Waals surface area contributed by atoms with Gasteiger partial charge in [-0.15, -0.1) is 0 Å². The largest absolute Gasteiger partial charge is 0.465 e. The lowest BCUT2D eigenvalue weighted by atomic mass is 10.1. The number of nitrogen functional groups attached to an aromatic ring is 1. The molecule has 0 radical (unpaired) electrons. The molecule has 0 heterocycles. The van der Waals surface area contributed by atoms with Gasteiger partial charge in [-0.3, -0.25) is 4.90 Å². The molecule has 116 valence electrons. The van der Waals surface area contributed by atoms with Crippen LogP contribution in [0.1, 0.15) is 28.4 Å². The minimum absolute atomic E-state index is 0.366. The number of rotatable bonds is 6. The molecule has 4 nitrogen and oxygen atoms in total. The minimum Gasteiger partial charge on any atom is -0.465 e. The summed E-state index contributed by atoms with van der Waals surface area (Å²) in [6.45, 7) is 4.67. The third-order valence-electron chi connectivity index (χ3n) is 3.66. The van der Waals surface area contributed by atoms with Gasteiger partial charge in [-0.2, -0.15) is 0 Å². The summed E-state index contributed by atoms with van der Waals surface area (Å²) >= 11 is 0. The van der Waals surface area contributed by atoms with Crippen molar-refractivity contribution in [3.8, 4) is 0 Å². The number of benzene rings is 2. The number of carbonyl (C=O) groups excluding carboxylic acids is 1. The number of nitrogens with two attached hydrogens (primary N) is 1. The molecular formula is C18H22N2O2. The molecule has 0 saturated carbocycles. The van der Waals surface area contributed by atoms with Crippen molar-refractivity contribution in [2.24, 2.45) is 0 Å². The molecule has 0 unspecified atom stereocenters. The third kappa shape index (κ3) is 4.09. The Morgan fingerprint density at radius 3 is 2.45 bits per heavy atom. The Morgan fingerprint density at radius 2 is 1.86 bits per heavy atom. The smallest absolute Gasteiger partial charge is 0.337 e. The van der Waals surface area contributed by atoms with Crippen LogP contribution in [0.15, 0.2) is 48.5 Å². The van der Waals surface area contributed by atoms with Crippen LogP contribution in [0.2, 0.25) is 0 Å². The molecule has 0 spiro atoms. The maximum absolute atomic E-state index is 11.5. The molecule has 4 heteroatoms. The average Bonchev–Trinajstić information content (AvgIpc) is 2.56. The normalized spacial score (nSPS) is 10.7. The Balaban J connectivity index is 2.09. The summed E-state index contributed by atoms with van der Waals surface area (Å²) in [6.07, 6.45) is 0. The molecule has 0 bridgehead atoms. The van der Waals surface area contributed by atoms with Crippen LogP contribution < -0.4 is 5.73 Å². The van der Waals surface area contributed by atoms with E-state index in [4.69, 9.17) is 10.5 Å². The van der Waals surface area contributed by atoms with Gasteiger partial charge in [0.15, 0.2) is 0 Å². The van der Waals surface area contributed by atoms with Gasteiger partial charge in [-0.1, -0.05) is 43.3 Å². The van der Waals surface area contributed by atoms with Gasteiger partial charge in [-0.05, 0) is 29.8 Å². The molecule has 0 aliphatic carbocycles. The molecule has 2 N–H and O–H groups in total. The molecule has 0 atom stereocenters. The topological polar surface area (TPSA) is 55.6 Å². The molecule has 0 amide bonds. The molecule has 0 aromatic heterocycles. The van der Waals surface area contributed by atoms with Crippen molar-refractivity contribution in [1.82, 2.24) is 4.90 Å². The van der Waals surface area contributed by atoms with E-state index in [2.05, 4.69) is 24.0 Å². The van der Waals surface area contributed by atoms with Gasteiger partial charge in [0.25, 0.3) is 0 Å². The number of hydrogen-bond donors (Lipinski definition) is 1. The highest BCUT2D eigenvalue weighted by Crippen LogP contribution is 2.18. The van der Waals surface area contributed by atoms with Crippen molar-refractivity contribution < 1.29 is 9.53 Å².